The summed E-state index contributed by atoms with van der Waals surface area (Å²) < 4.78 is 5.54. The normalized spacial score (nSPS) is 25.9. The lowest BCUT2D eigenvalue weighted by Crippen LogP contribution is -2.56. The van der Waals surface area contributed by atoms with Crippen LogP contribution in [0.5, 0.6) is 0 Å². The van der Waals surface area contributed by atoms with Crippen molar-refractivity contribution in [3.05, 3.63) is 10.0 Å². The molecule has 0 saturated carbocycles. The van der Waals surface area contributed by atoms with Gasteiger partial charge in [-0.25, -0.2) is 0 Å². The van der Waals surface area contributed by atoms with Gasteiger partial charge >= 0.3 is 0 Å². The van der Waals surface area contributed by atoms with Crippen LogP contribution in [0.15, 0.2) is 0 Å². The first kappa shape index (κ1) is 15.8. The predicted octanol–water partition coefficient (Wildman–Crippen LogP) is 1.31. The van der Waals surface area contributed by atoms with Crippen LogP contribution < -0.4 is 0 Å². The van der Waals surface area contributed by atoms with E-state index in [1.807, 2.05) is 18.9 Å². The molecule has 7 heteroatoms. The molecule has 1 unspecified atom stereocenters. The first-order chi connectivity index (χ1) is 10.5. The molecule has 122 valence electrons. The van der Waals surface area contributed by atoms with E-state index in [0.29, 0.717) is 12.5 Å². The minimum atomic E-state index is -0.221. The lowest BCUT2D eigenvalue weighted by atomic mass is 9.71. The summed E-state index contributed by atoms with van der Waals surface area (Å²) in [6.45, 7) is 5.42. The van der Waals surface area contributed by atoms with Crippen molar-refractivity contribution in [2.45, 2.75) is 38.8 Å². The number of ether oxygens (including phenoxy) is 1. The van der Waals surface area contributed by atoms with Crippen molar-refractivity contribution < 1.29 is 9.53 Å². The fraction of sp³-hybridized carbons (Fsp3) is 0.800. The Bertz CT molecular complexity index is 539. The zero-order chi connectivity index (χ0) is 15.7. The Hall–Kier alpha value is -1.05. The van der Waals surface area contributed by atoms with Gasteiger partial charge in [-0.05, 0) is 39.3 Å². The van der Waals surface area contributed by atoms with E-state index in [-0.39, 0.29) is 11.5 Å². The van der Waals surface area contributed by atoms with Gasteiger partial charge in [0.2, 0.25) is 5.91 Å². The average molecular weight is 324 g/mol. The molecule has 2 aliphatic rings. The van der Waals surface area contributed by atoms with Crippen LogP contribution in [0.25, 0.3) is 0 Å². The largest absolute Gasteiger partial charge is 0.380 e. The highest BCUT2D eigenvalue weighted by atomic mass is 32.1. The molecule has 1 atom stereocenters. The molecular formula is C15H24N4O2S. The van der Waals surface area contributed by atoms with Gasteiger partial charge in [-0.3, -0.25) is 9.69 Å². The number of likely N-dealkylation sites (N-methyl/N-ethyl adjacent to an activating group) is 1. The summed E-state index contributed by atoms with van der Waals surface area (Å²) in [6.07, 6.45) is 2.85. The van der Waals surface area contributed by atoms with Gasteiger partial charge in [0.15, 0.2) is 0 Å². The molecule has 0 aliphatic carbocycles. The molecule has 1 spiro atoms. The highest BCUT2D eigenvalue weighted by Gasteiger charge is 2.47. The predicted molar refractivity (Wildman–Crippen MR) is 84.6 cm³/mol. The van der Waals surface area contributed by atoms with Crippen LogP contribution in [0.4, 0.5) is 0 Å². The lowest BCUT2D eigenvalue weighted by molar-refractivity contribution is -0.156. The molecule has 2 fully saturated rings. The number of aromatic nitrogens is 2. The molecule has 3 rings (SSSR count). The Kier molecular flexibility index (Phi) is 4.47. The van der Waals surface area contributed by atoms with Crippen molar-refractivity contribution in [3.8, 4) is 0 Å². The smallest absolute Gasteiger partial charge is 0.228 e. The average Bonchev–Trinajstić information content (AvgIpc) is 2.92. The second-order valence-electron chi connectivity index (χ2n) is 6.52. The van der Waals surface area contributed by atoms with Crippen molar-refractivity contribution in [2.24, 2.45) is 5.41 Å². The third kappa shape index (κ3) is 3.02. The van der Waals surface area contributed by atoms with E-state index in [4.69, 9.17) is 4.74 Å². The molecule has 0 bridgehead atoms. The van der Waals surface area contributed by atoms with Gasteiger partial charge in [-0.15, -0.1) is 21.5 Å². The number of nitrogens with zero attached hydrogens (tertiary/aromatic N) is 4. The molecular weight excluding hydrogens is 300 g/mol. The van der Waals surface area contributed by atoms with E-state index in [9.17, 15) is 4.79 Å². The first-order valence-electron chi connectivity index (χ1n) is 7.82. The molecule has 1 aromatic heterocycles. The van der Waals surface area contributed by atoms with Crippen LogP contribution in [-0.2, 0) is 16.1 Å². The number of amides is 1. The first-order valence-corrected chi connectivity index (χ1v) is 8.64. The second kappa shape index (κ2) is 6.22. The minimum absolute atomic E-state index is 0.167. The molecule has 0 aromatic carbocycles. The van der Waals surface area contributed by atoms with Gasteiger partial charge in [0.1, 0.15) is 10.0 Å². The van der Waals surface area contributed by atoms with Crippen molar-refractivity contribution in [2.75, 3.05) is 33.8 Å². The van der Waals surface area contributed by atoms with E-state index in [1.165, 1.54) is 0 Å². The summed E-state index contributed by atoms with van der Waals surface area (Å²) in [5.41, 5.74) is -0.221. The number of aryl methyl sites for hydroxylation is 1. The van der Waals surface area contributed by atoms with E-state index in [0.717, 1.165) is 48.9 Å². The highest BCUT2D eigenvalue weighted by molar-refractivity contribution is 7.11. The number of methoxy groups -OCH3 is 1. The molecule has 0 N–H and O–H groups in total. The maximum absolute atomic E-state index is 12.7. The zero-order valence-electron chi connectivity index (χ0n) is 13.5. The van der Waals surface area contributed by atoms with Gasteiger partial charge in [0, 0.05) is 20.7 Å². The molecule has 3 heterocycles. The van der Waals surface area contributed by atoms with Gasteiger partial charge in [0.25, 0.3) is 0 Å². The SMILES string of the molecule is COC1CN(C)C(=O)C2(CCN(Cc3nnc(C)s3)CC2)C1. The van der Waals surface area contributed by atoms with E-state index < -0.39 is 0 Å². The summed E-state index contributed by atoms with van der Waals surface area (Å²) >= 11 is 1.65. The van der Waals surface area contributed by atoms with Gasteiger partial charge in [-0.1, -0.05) is 0 Å². The highest BCUT2D eigenvalue weighted by Crippen LogP contribution is 2.41. The number of rotatable bonds is 3. The quantitative estimate of drug-likeness (QED) is 0.839. The Morgan fingerprint density at radius 2 is 2.09 bits per heavy atom. The van der Waals surface area contributed by atoms with Crippen LogP contribution in [0.3, 0.4) is 0 Å². The van der Waals surface area contributed by atoms with Gasteiger partial charge < -0.3 is 9.64 Å². The monoisotopic (exact) mass is 324 g/mol. The Labute approximate surface area is 135 Å². The summed E-state index contributed by atoms with van der Waals surface area (Å²) in [5.74, 6) is 0.298. The number of likely N-dealkylation sites (tertiary alicyclic amines) is 2. The van der Waals surface area contributed by atoms with Crippen molar-refractivity contribution in [3.63, 3.8) is 0 Å². The molecule has 2 saturated heterocycles. The molecule has 1 aromatic rings. The molecule has 2 aliphatic heterocycles. The van der Waals surface area contributed by atoms with Crippen LogP contribution in [-0.4, -0.2) is 65.8 Å². The standard InChI is InChI=1S/C15H24N4O2S/c1-11-16-17-13(22-11)10-19-6-4-15(5-7-19)8-12(21-3)9-18(2)14(15)20/h12H,4-10H2,1-3H3. The number of carbonyl (C=O) groups is 1. The fourth-order valence-electron chi connectivity index (χ4n) is 3.69. The number of hydrogen-bond acceptors (Lipinski definition) is 6. The Balaban J connectivity index is 1.63. The van der Waals surface area contributed by atoms with E-state index in [2.05, 4.69) is 15.1 Å². The molecule has 6 nitrogen and oxygen atoms in total. The zero-order valence-corrected chi connectivity index (χ0v) is 14.4. The van der Waals surface area contributed by atoms with Crippen LogP contribution >= 0.6 is 11.3 Å². The van der Waals surface area contributed by atoms with E-state index in [1.54, 1.807) is 18.4 Å². The molecule has 22 heavy (non-hydrogen) atoms. The number of piperidine rings is 2. The summed E-state index contributed by atoms with van der Waals surface area (Å²) in [5, 5.41) is 10.3. The Morgan fingerprint density at radius 3 is 2.68 bits per heavy atom. The Morgan fingerprint density at radius 1 is 1.36 bits per heavy atom. The summed E-state index contributed by atoms with van der Waals surface area (Å²) in [6, 6.07) is 0. The van der Waals surface area contributed by atoms with Gasteiger partial charge in [-0.2, -0.15) is 0 Å². The minimum Gasteiger partial charge on any atom is -0.380 e. The van der Waals surface area contributed by atoms with Crippen molar-refractivity contribution in [1.29, 1.82) is 0 Å². The summed E-state index contributed by atoms with van der Waals surface area (Å²) in [4.78, 5) is 16.9. The topological polar surface area (TPSA) is 58.6 Å². The fourth-order valence-corrected chi connectivity index (χ4v) is 4.44. The maximum Gasteiger partial charge on any atom is 0.228 e. The summed E-state index contributed by atoms with van der Waals surface area (Å²) in [7, 11) is 3.64. The third-order valence-electron chi connectivity index (χ3n) is 4.97. The molecule has 1 amide bonds. The van der Waals surface area contributed by atoms with Crippen molar-refractivity contribution in [1.82, 2.24) is 20.0 Å². The van der Waals surface area contributed by atoms with E-state index >= 15 is 0 Å². The lowest BCUT2D eigenvalue weighted by Gasteiger charge is -2.47. The number of carbonyl (C=O) groups excluding carboxylic acids is 1. The van der Waals surface area contributed by atoms with Crippen molar-refractivity contribution >= 4 is 17.2 Å². The molecule has 0 radical (unpaired) electrons. The van der Waals surface area contributed by atoms with Gasteiger partial charge in [0.05, 0.1) is 18.1 Å². The van der Waals surface area contributed by atoms with Crippen LogP contribution in [0.1, 0.15) is 29.3 Å². The number of hydrogen-bond donors (Lipinski definition) is 0. The third-order valence-corrected chi connectivity index (χ3v) is 5.79. The van der Waals surface area contributed by atoms with Crippen LogP contribution in [0, 0.1) is 12.3 Å². The maximum atomic E-state index is 12.7. The second-order valence-corrected chi connectivity index (χ2v) is 7.79. The van der Waals surface area contributed by atoms with Crippen LogP contribution in [0.2, 0.25) is 0 Å².